The molecule has 10 heteroatoms. The fourth-order valence-corrected chi connectivity index (χ4v) is 4.24. The van der Waals surface area contributed by atoms with Crippen molar-refractivity contribution in [3.8, 4) is 5.69 Å². The van der Waals surface area contributed by atoms with Gasteiger partial charge in [0.2, 0.25) is 17.7 Å². The Balaban J connectivity index is 1.29. The Kier molecular flexibility index (Phi) is 7.11. The van der Waals surface area contributed by atoms with E-state index in [0.717, 1.165) is 49.8 Å². The minimum Gasteiger partial charge on any atom is -0.352 e. The van der Waals surface area contributed by atoms with E-state index in [9.17, 15) is 9.59 Å². The zero-order valence-electron chi connectivity index (χ0n) is 18.8. The molecular weight excluding hydrogens is 422 g/mol. The van der Waals surface area contributed by atoms with Gasteiger partial charge in [0.15, 0.2) is 5.82 Å². The summed E-state index contributed by atoms with van der Waals surface area (Å²) in [5, 5.41) is 14.2. The van der Waals surface area contributed by atoms with E-state index in [4.69, 9.17) is 4.52 Å². The smallest absolute Gasteiger partial charge is 0.227 e. The molecule has 0 bridgehead atoms. The normalized spacial score (nSPS) is 15.5. The van der Waals surface area contributed by atoms with E-state index < -0.39 is 5.54 Å². The Labute approximate surface area is 192 Å². The molecule has 0 saturated heterocycles. The average Bonchev–Trinajstić information content (AvgIpc) is 3.47. The van der Waals surface area contributed by atoms with Crippen molar-refractivity contribution >= 4 is 11.8 Å². The maximum Gasteiger partial charge on any atom is 0.227 e. The second-order valence-corrected chi connectivity index (χ2v) is 8.47. The Hall–Kier alpha value is -3.56. The second kappa shape index (κ2) is 10.4. The zero-order chi connectivity index (χ0) is 23.1. The van der Waals surface area contributed by atoms with Gasteiger partial charge in [-0.3, -0.25) is 9.59 Å². The maximum atomic E-state index is 12.3. The Morgan fingerprint density at radius 2 is 1.88 bits per heavy atom. The molecule has 4 rings (SSSR count). The van der Waals surface area contributed by atoms with Gasteiger partial charge in [-0.05, 0) is 30.5 Å². The van der Waals surface area contributed by atoms with Gasteiger partial charge in [-0.15, -0.1) is 0 Å². The molecule has 1 saturated carbocycles. The van der Waals surface area contributed by atoms with E-state index in [1.807, 2.05) is 24.3 Å². The summed E-state index contributed by atoms with van der Waals surface area (Å²) in [5.74, 6) is 0.729. The molecule has 2 aromatic heterocycles. The third-order valence-electron chi connectivity index (χ3n) is 5.94. The molecule has 0 spiro atoms. The van der Waals surface area contributed by atoms with E-state index in [-0.39, 0.29) is 18.2 Å². The van der Waals surface area contributed by atoms with Gasteiger partial charge in [-0.25, -0.2) is 9.67 Å². The van der Waals surface area contributed by atoms with E-state index in [2.05, 4.69) is 30.9 Å². The Morgan fingerprint density at radius 1 is 1.12 bits per heavy atom. The van der Waals surface area contributed by atoms with Crippen LogP contribution in [0.15, 0.2) is 41.4 Å². The number of nitrogens with one attached hydrogen (secondary N) is 2. The summed E-state index contributed by atoms with van der Waals surface area (Å²) in [5.41, 5.74) is 1.31. The molecular formula is C23H29N7O3. The number of aromatic nitrogens is 5. The predicted molar refractivity (Wildman–Crippen MR) is 119 cm³/mol. The monoisotopic (exact) mass is 451 g/mol. The number of aryl methyl sites for hydroxylation is 1. The van der Waals surface area contributed by atoms with Gasteiger partial charge >= 0.3 is 0 Å². The summed E-state index contributed by atoms with van der Waals surface area (Å²) in [7, 11) is 0. The molecule has 2 heterocycles. The van der Waals surface area contributed by atoms with Crippen LogP contribution in [0.5, 0.6) is 0 Å². The first-order valence-electron chi connectivity index (χ1n) is 11.4. The molecule has 174 valence electrons. The minimum absolute atomic E-state index is 0.0962. The minimum atomic E-state index is -0.579. The molecule has 1 aliphatic rings. The van der Waals surface area contributed by atoms with Gasteiger partial charge in [-0.1, -0.05) is 43.0 Å². The first-order valence-corrected chi connectivity index (χ1v) is 11.4. The van der Waals surface area contributed by atoms with Crippen molar-refractivity contribution in [2.24, 2.45) is 0 Å². The molecule has 1 aromatic carbocycles. The van der Waals surface area contributed by atoms with Crippen LogP contribution in [0.25, 0.3) is 5.69 Å². The van der Waals surface area contributed by atoms with E-state index >= 15 is 0 Å². The lowest BCUT2D eigenvalue weighted by Gasteiger charge is -2.30. The van der Waals surface area contributed by atoms with Gasteiger partial charge in [0.1, 0.15) is 18.2 Å². The van der Waals surface area contributed by atoms with Gasteiger partial charge in [0, 0.05) is 26.3 Å². The van der Waals surface area contributed by atoms with Crippen LogP contribution in [0.1, 0.15) is 69.1 Å². The van der Waals surface area contributed by atoms with E-state index in [1.54, 1.807) is 11.0 Å². The molecule has 0 unspecified atom stereocenters. The van der Waals surface area contributed by atoms with E-state index in [0.29, 0.717) is 24.7 Å². The second-order valence-electron chi connectivity index (χ2n) is 8.47. The largest absolute Gasteiger partial charge is 0.352 e. The first-order chi connectivity index (χ1) is 16.0. The van der Waals surface area contributed by atoms with Crippen LogP contribution in [-0.4, -0.2) is 36.7 Å². The molecule has 10 nitrogen and oxygen atoms in total. The predicted octanol–water partition coefficient (Wildman–Crippen LogP) is 2.58. The van der Waals surface area contributed by atoms with Crippen LogP contribution in [-0.2, 0) is 28.1 Å². The average molecular weight is 452 g/mol. The van der Waals surface area contributed by atoms with Gasteiger partial charge < -0.3 is 15.2 Å². The summed E-state index contributed by atoms with van der Waals surface area (Å²) in [6.45, 7) is 1.94. The van der Waals surface area contributed by atoms with Crippen molar-refractivity contribution in [2.75, 3.05) is 0 Å². The zero-order valence-corrected chi connectivity index (χ0v) is 18.8. The SMILES string of the molecule is CC(=O)NC1(c2noc(CCC(=O)NCc3ccc(-n4cncn4)cc3)n2)CCCCCC1. The molecule has 2 N–H and O–H groups in total. The number of carbonyl (C=O) groups is 2. The van der Waals surface area contributed by atoms with Crippen LogP contribution in [0, 0.1) is 0 Å². The number of nitrogens with zero attached hydrogens (tertiary/aromatic N) is 5. The molecule has 1 fully saturated rings. The highest BCUT2D eigenvalue weighted by Gasteiger charge is 2.38. The van der Waals surface area contributed by atoms with Crippen LogP contribution in [0.4, 0.5) is 0 Å². The van der Waals surface area contributed by atoms with Crippen molar-refractivity contribution < 1.29 is 14.1 Å². The highest BCUT2D eigenvalue weighted by Crippen LogP contribution is 2.34. The first kappa shape index (κ1) is 22.6. The molecule has 3 aromatic rings. The lowest BCUT2D eigenvalue weighted by Crippen LogP contribution is -2.45. The molecule has 1 aliphatic carbocycles. The van der Waals surface area contributed by atoms with Crippen molar-refractivity contribution in [1.29, 1.82) is 0 Å². The Morgan fingerprint density at radius 3 is 2.55 bits per heavy atom. The van der Waals surface area contributed by atoms with Gasteiger partial charge in [0.05, 0.1) is 5.69 Å². The summed E-state index contributed by atoms with van der Waals surface area (Å²) in [4.78, 5) is 32.6. The highest BCUT2D eigenvalue weighted by molar-refractivity contribution is 5.76. The van der Waals surface area contributed by atoms with Crippen LogP contribution >= 0.6 is 0 Å². The number of rotatable bonds is 8. The highest BCUT2D eigenvalue weighted by atomic mass is 16.5. The lowest BCUT2D eigenvalue weighted by molar-refractivity contribution is -0.122. The molecule has 0 atom stereocenters. The summed E-state index contributed by atoms with van der Waals surface area (Å²) >= 11 is 0. The van der Waals surface area contributed by atoms with E-state index in [1.165, 1.54) is 13.3 Å². The molecule has 0 aliphatic heterocycles. The van der Waals surface area contributed by atoms with Crippen molar-refractivity contribution in [2.45, 2.75) is 70.4 Å². The third kappa shape index (κ3) is 5.82. The van der Waals surface area contributed by atoms with Crippen LogP contribution in [0.2, 0.25) is 0 Å². The maximum absolute atomic E-state index is 12.3. The standard InChI is InChI=1S/C23H29N7O3/c1-17(31)28-23(12-4-2-3-5-13-23)22-27-21(33-29-22)11-10-20(32)25-14-18-6-8-19(9-7-18)30-16-24-15-26-30/h6-9,15-16H,2-5,10-14H2,1H3,(H,25,32)(H,28,31). The van der Waals surface area contributed by atoms with Crippen molar-refractivity contribution in [3.05, 3.63) is 54.2 Å². The molecule has 2 amide bonds. The van der Waals surface area contributed by atoms with Gasteiger partial charge in [-0.2, -0.15) is 10.1 Å². The quantitative estimate of drug-likeness (QED) is 0.504. The number of amides is 2. The Bertz CT molecular complexity index is 1050. The molecule has 33 heavy (non-hydrogen) atoms. The van der Waals surface area contributed by atoms with Crippen LogP contribution < -0.4 is 10.6 Å². The van der Waals surface area contributed by atoms with Crippen molar-refractivity contribution in [3.63, 3.8) is 0 Å². The number of carbonyl (C=O) groups excluding carboxylic acids is 2. The topological polar surface area (TPSA) is 128 Å². The third-order valence-corrected chi connectivity index (χ3v) is 5.94. The summed E-state index contributed by atoms with van der Waals surface area (Å²) < 4.78 is 7.09. The van der Waals surface area contributed by atoms with Crippen molar-refractivity contribution in [1.82, 2.24) is 35.5 Å². The fourth-order valence-electron chi connectivity index (χ4n) is 4.24. The van der Waals surface area contributed by atoms with Gasteiger partial charge in [0.25, 0.3) is 0 Å². The fraction of sp³-hybridized carbons (Fsp3) is 0.478. The number of benzene rings is 1. The lowest BCUT2D eigenvalue weighted by atomic mass is 9.89. The summed E-state index contributed by atoms with van der Waals surface area (Å²) in [6, 6.07) is 7.73. The molecule has 0 radical (unpaired) electrons. The number of hydrogen-bond donors (Lipinski definition) is 2. The summed E-state index contributed by atoms with van der Waals surface area (Å²) in [6.07, 6.45) is 9.57. The number of hydrogen-bond acceptors (Lipinski definition) is 7. The van der Waals surface area contributed by atoms with Crippen LogP contribution in [0.3, 0.4) is 0 Å².